The van der Waals surface area contributed by atoms with Crippen molar-refractivity contribution in [1.29, 1.82) is 0 Å². The number of hydrogen-bond donors (Lipinski definition) is 1. The Balaban J connectivity index is 1.52. The van der Waals surface area contributed by atoms with Crippen LogP contribution in [0.4, 0.5) is 5.82 Å². The fourth-order valence-electron chi connectivity index (χ4n) is 6.35. The van der Waals surface area contributed by atoms with Crippen molar-refractivity contribution < 1.29 is 24.1 Å². The van der Waals surface area contributed by atoms with Crippen LogP contribution in [0.15, 0.2) is 54.6 Å². The lowest BCUT2D eigenvalue weighted by molar-refractivity contribution is -0.160. The van der Waals surface area contributed by atoms with Crippen LogP contribution in [0.2, 0.25) is 0 Å². The molecule has 2 aromatic heterocycles. The normalized spacial score (nSPS) is 17.9. The number of carbonyl (C=O) groups is 1. The minimum Gasteiger partial charge on any atom is -0.493 e. The number of fused-ring (bicyclic) bond motifs is 8. The molecule has 1 saturated heterocycles. The van der Waals surface area contributed by atoms with Gasteiger partial charge < -0.3 is 24.2 Å². The maximum Gasteiger partial charge on any atom is 0.337 e. The van der Waals surface area contributed by atoms with Gasteiger partial charge in [-0.1, -0.05) is 36.4 Å². The summed E-state index contributed by atoms with van der Waals surface area (Å²) in [7, 11) is 0. The number of nitrogens with zero attached hydrogens (tertiary/aromatic N) is 4. The summed E-state index contributed by atoms with van der Waals surface area (Å²) < 4.78 is 20.7. The highest BCUT2D eigenvalue weighted by Gasteiger charge is 2.37. The molecule has 1 N–H and O–H groups in total. The van der Waals surface area contributed by atoms with Gasteiger partial charge in [0.1, 0.15) is 11.6 Å². The Bertz CT molecular complexity index is 1680. The van der Waals surface area contributed by atoms with E-state index in [1.54, 1.807) is 0 Å². The monoisotopic (exact) mass is 612 g/mol. The van der Waals surface area contributed by atoms with E-state index in [2.05, 4.69) is 30.0 Å². The number of anilines is 1. The van der Waals surface area contributed by atoms with Gasteiger partial charge in [-0.2, -0.15) is 9.61 Å². The van der Waals surface area contributed by atoms with Gasteiger partial charge in [-0.3, -0.25) is 0 Å². The van der Waals surface area contributed by atoms with E-state index >= 15 is 0 Å². The Kier molecular flexibility index (Phi) is 8.59. The molecule has 0 amide bonds. The van der Waals surface area contributed by atoms with Crippen molar-refractivity contribution in [2.45, 2.75) is 84.0 Å². The van der Waals surface area contributed by atoms with Gasteiger partial charge in [0.15, 0.2) is 11.8 Å². The molecular formula is C36H44N4O5. The van der Waals surface area contributed by atoms with Gasteiger partial charge in [0.25, 0.3) is 0 Å². The number of ether oxygens (including phenoxy) is 3. The first kappa shape index (κ1) is 31.0. The number of aliphatic carboxylic acids is 1. The van der Waals surface area contributed by atoms with Crippen molar-refractivity contribution in [2.24, 2.45) is 0 Å². The highest BCUT2D eigenvalue weighted by Crippen LogP contribution is 2.39. The average molecular weight is 613 g/mol. The van der Waals surface area contributed by atoms with Crippen LogP contribution in [0, 0.1) is 6.92 Å². The largest absolute Gasteiger partial charge is 0.493 e. The third kappa shape index (κ3) is 6.70. The highest BCUT2D eigenvalue weighted by molar-refractivity contribution is 5.80. The van der Waals surface area contributed by atoms with Crippen LogP contribution in [-0.4, -0.2) is 63.2 Å². The van der Waals surface area contributed by atoms with Gasteiger partial charge in [-0.25, -0.2) is 9.78 Å². The first-order chi connectivity index (χ1) is 21.5. The summed E-state index contributed by atoms with van der Waals surface area (Å²) in [6.07, 6.45) is 3.37. The zero-order valence-corrected chi connectivity index (χ0v) is 27.0. The van der Waals surface area contributed by atoms with Gasteiger partial charge in [0, 0.05) is 42.6 Å². The molecule has 9 nitrogen and oxygen atoms in total. The van der Waals surface area contributed by atoms with Crippen LogP contribution in [-0.2, 0) is 14.3 Å². The second-order valence-electron chi connectivity index (χ2n) is 13.5. The van der Waals surface area contributed by atoms with Crippen molar-refractivity contribution in [3.63, 3.8) is 0 Å². The van der Waals surface area contributed by atoms with Gasteiger partial charge in [-0.15, -0.1) is 0 Å². The van der Waals surface area contributed by atoms with E-state index in [1.165, 1.54) is 0 Å². The third-order valence-corrected chi connectivity index (χ3v) is 8.74. The predicted molar refractivity (Wildman–Crippen MR) is 175 cm³/mol. The van der Waals surface area contributed by atoms with Crippen molar-refractivity contribution in [2.75, 3.05) is 31.2 Å². The zero-order chi connectivity index (χ0) is 31.8. The van der Waals surface area contributed by atoms with Crippen LogP contribution in [0.25, 0.3) is 28.0 Å². The Morgan fingerprint density at radius 1 is 1.00 bits per heavy atom. The summed E-state index contributed by atoms with van der Waals surface area (Å²) in [5, 5.41) is 15.5. The molecule has 2 aromatic carbocycles. The Morgan fingerprint density at radius 3 is 2.49 bits per heavy atom. The molecule has 1 atom stereocenters. The van der Waals surface area contributed by atoms with E-state index in [9.17, 15) is 9.90 Å². The number of carboxylic acid groups (broad SMARTS) is 1. The number of aromatic nitrogens is 3. The van der Waals surface area contributed by atoms with Gasteiger partial charge in [0.2, 0.25) is 0 Å². The van der Waals surface area contributed by atoms with Crippen LogP contribution in [0.1, 0.15) is 77.2 Å². The van der Waals surface area contributed by atoms with Crippen LogP contribution in [0.5, 0.6) is 5.75 Å². The molecule has 0 saturated carbocycles. The van der Waals surface area contributed by atoms with Crippen molar-refractivity contribution in [1.82, 2.24) is 14.6 Å². The summed E-state index contributed by atoms with van der Waals surface area (Å²) in [5.41, 5.74) is 4.62. The molecule has 1 fully saturated rings. The van der Waals surface area contributed by atoms with Crippen LogP contribution < -0.4 is 9.64 Å². The Hall–Kier alpha value is -3.95. The highest BCUT2D eigenvalue weighted by atomic mass is 16.5. The molecule has 0 aliphatic carbocycles. The summed E-state index contributed by atoms with van der Waals surface area (Å²) in [4.78, 5) is 19.9. The molecule has 3 aliphatic heterocycles. The number of rotatable bonds is 3. The Morgan fingerprint density at radius 2 is 1.73 bits per heavy atom. The average Bonchev–Trinajstić information content (AvgIpc) is 3.42. The van der Waals surface area contributed by atoms with Crippen LogP contribution in [0.3, 0.4) is 0 Å². The molecule has 238 valence electrons. The first-order valence-electron chi connectivity index (χ1n) is 16.0. The number of benzene rings is 2. The smallest absolute Gasteiger partial charge is 0.337 e. The van der Waals surface area contributed by atoms with Crippen molar-refractivity contribution >= 4 is 17.4 Å². The molecule has 4 aromatic rings. The summed E-state index contributed by atoms with van der Waals surface area (Å²) in [5.74, 6) is 0.519. The van der Waals surface area contributed by atoms with E-state index in [-0.39, 0.29) is 5.60 Å². The molecule has 5 heterocycles. The summed E-state index contributed by atoms with van der Waals surface area (Å²) in [6, 6.07) is 18.4. The number of para-hydroxylation sites is 1. The van der Waals surface area contributed by atoms with E-state index in [0.717, 1.165) is 60.2 Å². The van der Waals surface area contributed by atoms with Crippen molar-refractivity contribution in [3.8, 4) is 28.1 Å². The van der Waals surface area contributed by atoms with Crippen molar-refractivity contribution in [3.05, 3.63) is 65.9 Å². The van der Waals surface area contributed by atoms with Gasteiger partial charge >= 0.3 is 5.97 Å². The number of carboxylic acids is 1. The predicted octanol–water partition coefficient (Wildman–Crippen LogP) is 7.25. The van der Waals surface area contributed by atoms with E-state index in [0.29, 0.717) is 49.0 Å². The lowest BCUT2D eigenvalue weighted by Crippen LogP contribution is -2.46. The molecule has 1 unspecified atom stereocenters. The number of piperidine rings is 1. The standard InChI is InChI=1S/C36H44N4O5/c1-24-31(32(34(41)42)45-35(2,3)4)33-39-18-16-36(5,17-19-39)44-21-10-6-9-20-43-29-15-8-7-14-27(29)25-12-11-13-26(22-25)28-23-30(37-24)40(33)38-28/h7-8,11-15,22-23,32H,6,9-10,16-21H2,1-5H3,(H,41,42). The van der Waals surface area contributed by atoms with Gasteiger partial charge in [-0.05, 0) is 84.4 Å². The fraction of sp³-hybridized carbons (Fsp3) is 0.472. The quantitative estimate of drug-likeness (QED) is 0.258. The molecular weight excluding hydrogens is 568 g/mol. The maximum atomic E-state index is 12.8. The zero-order valence-electron chi connectivity index (χ0n) is 27.0. The number of hydrogen-bond acceptors (Lipinski definition) is 7. The van der Waals surface area contributed by atoms with Crippen LogP contribution >= 0.6 is 0 Å². The van der Waals surface area contributed by atoms with E-state index in [4.69, 9.17) is 24.3 Å². The minimum absolute atomic E-state index is 0.252. The second kappa shape index (κ2) is 12.4. The van der Waals surface area contributed by atoms with E-state index < -0.39 is 17.7 Å². The first-order valence-corrected chi connectivity index (χ1v) is 16.0. The molecule has 7 rings (SSSR count). The Labute approximate surface area is 265 Å². The molecule has 3 aliphatic rings. The summed E-state index contributed by atoms with van der Waals surface area (Å²) in [6.45, 7) is 12.4. The lowest BCUT2D eigenvalue weighted by Gasteiger charge is -2.41. The third-order valence-electron chi connectivity index (χ3n) is 8.74. The SMILES string of the molecule is Cc1nc2cc3nn2c(c1C(OC(C)(C)C)C(=O)O)N1CCC(C)(CC1)OCCCCCOc1ccccc1-c1cccc-3c1. The number of aryl methyl sites for hydroxylation is 1. The minimum atomic E-state index is -1.21. The lowest BCUT2D eigenvalue weighted by atomic mass is 9.92. The maximum absolute atomic E-state index is 12.8. The fourth-order valence-corrected chi connectivity index (χ4v) is 6.35. The molecule has 0 spiro atoms. The second-order valence-corrected chi connectivity index (χ2v) is 13.5. The summed E-state index contributed by atoms with van der Waals surface area (Å²) >= 11 is 0. The van der Waals surface area contributed by atoms with E-state index in [1.807, 2.05) is 68.6 Å². The molecule has 9 heteroatoms. The topological polar surface area (TPSA) is 98.4 Å². The molecule has 45 heavy (non-hydrogen) atoms. The molecule has 6 bridgehead atoms. The van der Waals surface area contributed by atoms with Gasteiger partial charge in [0.05, 0.1) is 29.1 Å². The molecule has 0 radical (unpaired) electrons.